The van der Waals surface area contributed by atoms with Crippen molar-refractivity contribution in [3.63, 3.8) is 0 Å². The Morgan fingerprint density at radius 3 is 2.43 bits per heavy atom. The maximum Gasteiger partial charge on any atom is 0.384 e. The molecule has 1 N–H and O–H groups in total. The van der Waals surface area contributed by atoms with E-state index in [1.807, 2.05) is 33.6 Å². The van der Waals surface area contributed by atoms with Crippen molar-refractivity contribution in [3.8, 4) is 12.3 Å². The fourth-order valence-corrected chi connectivity index (χ4v) is 1.28. The molecule has 0 saturated heterocycles. The molecule has 80 valence electrons. The third-order valence-corrected chi connectivity index (χ3v) is 2.13. The maximum atomic E-state index is 10.7. The van der Waals surface area contributed by atoms with Crippen molar-refractivity contribution in [2.75, 3.05) is 6.61 Å². The van der Waals surface area contributed by atoms with E-state index in [2.05, 4.69) is 0 Å². The summed E-state index contributed by atoms with van der Waals surface area (Å²) in [5.74, 6) is 1.30. The molecule has 0 heterocycles. The Balaban J connectivity index is 4.21. The first-order valence-electron chi connectivity index (χ1n) is 4.62. The standard InChI is InChI=1S/C11H18O3/c1-6-9(12)14-7-11(4,5)10(13)8(2)3/h1,8,10,13H,7H2,2-5H3. The molecule has 0 amide bonds. The fraction of sp³-hybridized carbons (Fsp3) is 0.727. The van der Waals surface area contributed by atoms with Crippen LogP contribution >= 0.6 is 0 Å². The number of carbonyl (C=O) groups is 1. The first kappa shape index (κ1) is 13.0. The summed E-state index contributed by atoms with van der Waals surface area (Å²) in [7, 11) is 0. The number of rotatable bonds is 4. The van der Waals surface area contributed by atoms with Crippen LogP contribution in [0.25, 0.3) is 0 Å². The van der Waals surface area contributed by atoms with Gasteiger partial charge >= 0.3 is 5.97 Å². The minimum atomic E-state index is -0.686. The molecule has 1 atom stereocenters. The lowest BCUT2D eigenvalue weighted by atomic mass is 9.81. The maximum absolute atomic E-state index is 10.7. The Labute approximate surface area is 85.5 Å². The fourth-order valence-electron chi connectivity index (χ4n) is 1.28. The Kier molecular flexibility index (Phi) is 4.65. The van der Waals surface area contributed by atoms with E-state index >= 15 is 0 Å². The number of hydrogen-bond donors (Lipinski definition) is 1. The van der Waals surface area contributed by atoms with Gasteiger partial charge in [-0.05, 0) is 5.92 Å². The second kappa shape index (κ2) is 5.02. The van der Waals surface area contributed by atoms with Gasteiger partial charge in [-0.15, -0.1) is 6.42 Å². The molecule has 0 aromatic rings. The summed E-state index contributed by atoms with van der Waals surface area (Å²) in [6.45, 7) is 7.63. The summed E-state index contributed by atoms with van der Waals surface area (Å²) in [5.41, 5.74) is -0.472. The lowest BCUT2D eigenvalue weighted by molar-refractivity contribution is -0.143. The van der Waals surface area contributed by atoms with Gasteiger partial charge in [-0.2, -0.15) is 0 Å². The van der Waals surface area contributed by atoms with Crippen LogP contribution in [0.1, 0.15) is 27.7 Å². The van der Waals surface area contributed by atoms with E-state index in [4.69, 9.17) is 11.2 Å². The first-order valence-corrected chi connectivity index (χ1v) is 4.62. The van der Waals surface area contributed by atoms with E-state index in [-0.39, 0.29) is 12.5 Å². The molecule has 0 aliphatic carbocycles. The molecule has 0 bridgehead atoms. The molecule has 0 radical (unpaired) electrons. The van der Waals surface area contributed by atoms with Gasteiger partial charge < -0.3 is 9.84 Å². The van der Waals surface area contributed by atoms with Gasteiger partial charge in [-0.3, -0.25) is 0 Å². The van der Waals surface area contributed by atoms with Crippen molar-refractivity contribution in [2.45, 2.75) is 33.8 Å². The highest BCUT2D eigenvalue weighted by molar-refractivity contribution is 5.87. The molecule has 14 heavy (non-hydrogen) atoms. The number of esters is 1. The quantitative estimate of drug-likeness (QED) is 0.419. The Hall–Kier alpha value is -1.01. The molecule has 0 aliphatic heterocycles. The average molecular weight is 198 g/mol. The Morgan fingerprint density at radius 2 is 2.07 bits per heavy atom. The number of carbonyl (C=O) groups excluding carboxylic acids is 1. The topological polar surface area (TPSA) is 46.5 Å². The molecular weight excluding hydrogens is 180 g/mol. The largest absolute Gasteiger partial charge is 0.455 e. The van der Waals surface area contributed by atoms with Gasteiger partial charge in [-0.1, -0.05) is 27.7 Å². The second-order valence-electron chi connectivity index (χ2n) is 4.40. The number of ether oxygens (including phenoxy) is 1. The number of hydrogen-bond acceptors (Lipinski definition) is 3. The zero-order valence-corrected chi connectivity index (χ0v) is 9.20. The molecule has 0 rings (SSSR count). The van der Waals surface area contributed by atoms with Gasteiger partial charge in [0, 0.05) is 11.3 Å². The molecule has 0 saturated carbocycles. The molecule has 0 aromatic carbocycles. The molecule has 0 aliphatic rings. The molecule has 0 spiro atoms. The van der Waals surface area contributed by atoms with Crippen molar-refractivity contribution < 1.29 is 14.6 Å². The summed E-state index contributed by atoms with van der Waals surface area (Å²) in [6, 6.07) is 0. The Bertz CT molecular complexity index is 235. The molecule has 0 aromatic heterocycles. The zero-order chi connectivity index (χ0) is 11.4. The van der Waals surface area contributed by atoms with Crippen LogP contribution < -0.4 is 0 Å². The lowest BCUT2D eigenvalue weighted by Crippen LogP contribution is -2.38. The predicted octanol–water partition coefficient (Wildman–Crippen LogP) is 1.21. The summed E-state index contributed by atoms with van der Waals surface area (Å²) in [6.07, 6.45) is 4.33. The van der Waals surface area contributed by atoms with E-state index in [1.54, 1.807) is 0 Å². The summed E-state index contributed by atoms with van der Waals surface area (Å²) < 4.78 is 4.79. The molecule has 0 fully saturated rings. The summed E-state index contributed by atoms with van der Waals surface area (Å²) in [5, 5.41) is 9.80. The van der Waals surface area contributed by atoms with Crippen LogP contribution in [0.3, 0.4) is 0 Å². The zero-order valence-electron chi connectivity index (χ0n) is 9.20. The van der Waals surface area contributed by atoms with Crippen molar-refractivity contribution in [1.82, 2.24) is 0 Å². The van der Waals surface area contributed by atoms with E-state index in [0.717, 1.165) is 0 Å². The minimum absolute atomic E-state index is 0.120. The smallest absolute Gasteiger partial charge is 0.384 e. The summed E-state index contributed by atoms with van der Waals surface area (Å²) >= 11 is 0. The van der Waals surface area contributed by atoms with Crippen LogP contribution in [0.4, 0.5) is 0 Å². The van der Waals surface area contributed by atoms with Crippen molar-refractivity contribution in [2.24, 2.45) is 11.3 Å². The third-order valence-electron chi connectivity index (χ3n) is 2.13. The van der Waals surface area contributed by atoms with Crippen LogP contribution in [0, 0.1) is 23.7 Å². The monoisotopic (exact) mass is 198 g/mol. The second-order valence-corrected chi connectivity index (χ2v) is 4.40. The van der Waals surface area contributed by atoms with Crippen LogP contribution in [-0.2, 0) is 9.53 Å². The normalized spacial score (nSPS) is 13.5. The molecule has 1 unspecified atom stereocenters. The van der Waals surface area contributed by atoms with Crippen molar-refractivity contribution >= 4 is 5.97 Å². The molecule has 3 heteroatoms. The van der Waals surface area contributed by atoms with E-state index in [0.29, 0.717) is 0 Å². The Morgan fingerprint density at radius 1 is 1.57 bits per heavy atom. The van der Waals surface area contributed by atoms with Gasteiger partial charge in [-0.25, -0.2) is 4.79 Å². The predicted molar refractivity (Wildman–Crippen MR) is 54.4 cm³/mol. The average Bonchev–Trinajstić information content (AvgIpc) is 2.12. The SMILES string of the molecule is C#CC(=O)OCC(C)(C)C(O)C(C)C. The van der Waals surface area contributed by atoms with Crippen molar-refractivity contribution in [1.29, 1.82) is 0 Å². The lowest BCUT2D eigenvalue weighted by Gasteiger charge is -2.32. The first-order chi connectivity index (χ1) is 6.31. The van der Waals surface area contributed by atoms with Crippen LogP contribution in [0.5, 0.6) is 0 Å². The highest BCUT2D eigenvalue weighted by Crippen LogP contribution is 2.26. The number of aliphatic hydroxyl groups is 1. The van der Waals surface area contributed by atoms with Gasteiger partial charge in [0.25, 0.3) is 0 Å². The minimum Gasteiger partial charge on any atom is -0.455 e. The van der Waals surface area contributed by atoms with Gasteiger partial charge in [0.05, 0.1) is 12.7 Å². The third kappa shape index (κ3) is 3.80. The van der Waals surface area contributed by atoms with Gasteiger partial charge in [0.1, 0.15) is 0 Å². The van der Waals surface area contributed by atoms with Crippen LogP contribution in [0.15, 0.2) is 0 Å². The molecule has 3 nitrogen and oxygen atoms in total. The van der Waals surface area contributed by atoms with Crippen LogP contribution in [-0.4, -0.2) is 23.8 Å². The van der Waals surface area contributed by atoms with E-state index in [9.17, 15) is 9.90 Å². The van der Waals surface area contributed by atoms with Gasteiger partial charge in [0.15, 0.2) is 0 Å². The van der Waals surface area contributed by atoms with Gasteiger partial charge in [0.2, 0.25) is 0 Å². The number of terminal acetylenes is 1. The number of aliphatic hydroxyl groups excluding tert-OH is 1. The van der Waals surface area contributed by atoms with Crippen molar-refractivity contribution in [3.05, 3.63) is 0 Å². The van der Waals surface area contributed by atoms with Crippen LogP contribution in [0.2, 0.25) is 0 Å². The van der Waals surface area contributed by atoms with E-state index in [1.165, 1.54) is 0 Å². The molecular formula is C11H18O3. The summed E-state index contributed by atoms with van der Waals surface area (Å²) in [4.78, 5) is 10.7. The highest BCUT2D eigenvalue weighted by Gasteiger charge is 2.31. The highest BCUT2D eigenvalue weighted by atomic mass is 16.5. The van der Waals surface area contributed by atoms with E-state index < -0.39 is 17.5 Å².